The lowest BCUT2D eigenvalue weighted by Gasteiger charge is -2.28. The smallest absolute Gasteiger partial charge is 0.263 e. The molecule has 0 spiro atoms. The molecule has 0 atom stereocenters. The third kappa shape index (κ3) is 2.15. The molecule has 6 heteroatoms. The molecule has 0 fully saturated rings. The summed E-state index contributed by atoms with van der Waals surface area (Å²) < 4.78 is 1.54. The van der Waals surface area contributed by atoms with Crippen LogP contribution in [-0.2, 0) is 13.0 Å². The molecule has 0 aliphatic carbocycles. The molecule has 1 amide bonds. The summed E-state index contributed by atoms with van der Waals surface area (Å²) in [5.41, 5.74) is 3.52. The van der Waals surface area contributed by atoms with Gasteiger partial charge in [0.2, 0.25) is 0 Å². The van der Waals surface area contributed by atoms with E-state index in [2.05, 4.69) is 9.97 Å². The number of nitrogens with one attached hydrogen (secondary N) is 1. The van der Waals surface area contributed by atoms with Gasteiger partial charge in [0.05, 0.1) is 23.4 Å². The highest BCUT2D eigenvalue weighted by Crippen LogP contribution is 2.22. The summed E-state index contributed by atoms with van der Waals surface area (Å²) in [5.74, 6) is -0.0642. The molecule has 0 saturated carbocycles. The number of aromatic amines is 1. The Morgan fingerprint density at radius 1 is 1.12 bits per heavy atom. The first kappa shape index (κ1) is 14.9. The highest BCUT2D eigenvalue weighted by Gasteiger charge is 2.26. The average Bonchev–Trinajstić information content (AvgIpc) is 3.12. The van der Waals surface area contributed by atoms with Crippen molar-refractivity contribution in [3.63, 3.8) is 0 Å². The van der Waals surface area contributed by atoms with Gasteiger partial charge in [-0.2, -0.15) is 0 Å². The van der Waals surface area contributed by atoms with E-state index in [-0.39, 0.29) is 18.0 Å². The predicted molar refractivity (Wildman–Crippen MR) is 98.2 cm³/mol. The maximum atomic E-state index is 13.0. The zero-order valence-corrected chi connectivity index (χ0v) is 14.0. The first-order valence-corrected chi connectivity index (χ1v) is 8.57. The van der Waals surface area contributed by atoms with Gasteiger partial charge < -0.3 is 9.88 Å². The molecule has 5 rings (SSSR count). The number of pyridine rings is 1. The zero-order valence-electron chi connectivity index (χ0n) is 14.0. The third-order valence-corrected chi connectivity index (χ3v) is 4.99. The van der Waals surface area contributed by atoms with E-state index in [0.29, 0.717) is 29.7 Å². The van der Waals surface area contributed by atoms with Crippen LogP contribution in [0.25, 0.3) is 16.6 Å². The monoisotopic (exact) mass is 344 g/mol. The second kappa shape index (κ2) is 5.56. The van der Waals surface area contributed by atoms with E-state index < -0.39 is 0 Å². The van der Waals surface area contributed by atoms with Gasteiger partial charge in [0.25, 0.3) is 11.5 Å². The van der Waals surface area contributed by atoms with Gasteiger partial charge >= 0.3 is 0 Å². The van der Waals surface area contributed by atoms with Crippen LogP contribution < -0.4 is 5.56 Å². The minimum absolute atomic E-state index is 0.0642. The van der Waals surface area contributed by atoms with E-state index in [1.165, 1.54) is 0 Å². The SMILES string of the molecule is O=C(c1c[nH]c2ccccc12)N1CCc2nc3ccccn3c(=O)c2C1. The van der Waals surface area contributed by atoms with Crippen molar-refractivity contribution >= 4 is 22.5 Å². The first-order chi connectivity index (χ1) is 12.7. The number of carbonyl (C=O) groups is 1. The maximum absolute atomic E-state index is 13.0. The first-order valence-electron chi connectivity index (χ1n) is 8.57. The van der Waals surface area contributed by atoms with Crippen LogP contribution in [0.15, 0.2) is 59.7 Å². The molecule has 4 heterocycles. The standard InChI is InChI=1S/C20H16N4O2/c25-19(14-11-21-16-6-2-1-5-13(14)16)23-10-8-17-15(12-23)20(26)24-9-4-3-7-18(24)22-17/h1-7,9,11,21H,8,10,12H2. The van der Waals surface area contributed by atoms with Crippen LogP contribution in [0.5, 0.6) is 0 Å². The van der Waals surface area contributed by atoms with Crippen LogP contribution >= 0.6 is 0 Å². The fourth-order valence-electron chi connectivity index (χ4n) is 3.64. The molecule has 3 aromatic heterocycles. The molecule has 0 radical (unpaired) electrons. The Labute approximate surface area is 148 Å². The van der Waals surface area contributed by atoms with Crippen LogP contribution in [0.2, 0.25) is 0 Å². The molecule has 0 bridgehead atoms. The quantitative estimate of drug-likeness (QED) is 0.576. The van der Waals surface area contributed by atoms with Gasteiger partial charge in [0.15, 0.2) is 0 Å². The van der Waals surface area contributed by atoms with Gasteiger partial charge in [-0.3, -0.25) is 14.0 Å². The molecular weight excluding hydrogens is 328 g/mol. The lowest BCUT2D eigenvalue weighted by atomic mass is 10.1. The molecule has 1 aliphatic rings. The van der Waals surface area contributed by atoms with Crippen molar-refractivity contribution in [2.45, 2.75) is 13.0 Å². The summed E-state index contributed by atoms with van der Waals surface area (Å²) in [6, 6.07) is 13.2. The Morgan fingerprint density at radius 2 is 1.96 bits per heavy atom. The molecule has 128 valence electrons. The normalized spacial score (nSPS) is 13.9. The number of rotatable bonds is 1. The van der Waals surface area contributed by atoms with Crippen molar-refractivity contribution in [3.05, 3.63) is 82.0 Å². The number of H-pyrrole nitrogens is 1. The number of para-hydroxylation sites is 1. The number of hydrogen-bond donors (Lipinski definition) is 1. The van der Waals surface area contributed by atoms with Crippen LogP contribution in [0.4, 0.5) is 0 Å². The van der Waals surface area contributed by atoms with Crippen molar-refractivity contribution in [2.24, 2.45) is 0 Å². The van der Waals surface area contributed by atoms with E-state index in [0.717, 1.165) is 16.6 Å². The summed E-state index contributed by atoms with van der Waals surface area (Å²) >= 11 is 0. The Kier molecular flexibility index (Phi) is 3.18. The van der Waals surface area contributed by atoms with Gasteiger partial charge in [-0.05, 0) is 18.2 Å². The van der Waals surface area contributed by atoms with Crippen molar-refractivity contribution < 1.29 is 4.79 Å². The Bertz CT molecular complexity index is 1220. The second-order valence-electron chi connectivity index (χ2n) is 6.50. The second-order valence-corrected chi connectivity index (χ2v) is 6.50. The lowest BCUT2D eigenvalue weighted by Crippen LogP contribution is -2.40. The highest BCUT2D eigenvalue weighted by atomic mass is 16.2. The topological polar surface area (TPSA) is 70.5 Å². The van der Waals surface area contributed by atoms with Crippen LogP contribution in [0.3, 0.4) is 0 Å². The van der Waals surface area contributed by atoms with Gasteiger partial charge in [-0.15, -0.1) is 0 Å². The fraction of sp³-hybridized carbons (Fsp3) is 0.150. The molecule has 1 aromatic carbocycles. The number of amides is 1. The van der Waals surface area contributed by atoms with Crippen molar-refractivity contribution in [3.8, 4) is 0 Å². The fourth-order valence-corrected chi connectivity index (χ4v) is 3.64. The molecule has 26 heavy (non-hydrogen) atoms. The molecular formula is C20H16N4O2. The Morgan fingerprint density at radius 3 is 2.88 bits per heavy atom. The summed E-state index contributed by atoms with van der Waals surface area (Å²) in [5, 5.41) is 0.900. The zero-order chi connectivity index (χ0) is 17.7. The summed E-state index contributed by atoms with van der Waals surface area (Å²) in [6.07, 6.45) is 4.05. The van der Waals surface area contributed by atoms with E-state index in [1.54, 1.807) is 27.8 Å². The van der Waals surface area contributed by atoms with Crippen molar-refractivity contribution in [1.29, 1.82) is 0 Å². The Balaban J connectivity index is 1.55. The number of aromatic nitrogens is 3. The van der Waals surface area contributed by atoms with Crippen molar-refractivity contribution in [1.82, 2.24) is 19.3 Å². The van der Waals surface area contributed by atoms with E-state index >= 15 is 0 Å². The number of benzene rings is 1. The number of hydrogen-bond acceptors (Lipinski definition) is 3. The summed E-state index contributed by atoms with van der Waals surface area (Å²) in [6.45, 7) is 0.845. The average molecular weight is 344 g/mol. The van der Waals surface area contributed by atoms with Gasteiger partial charge in [-0.25, -0.2) is 4.98 Å². The maximum Gasteiger partial charge on any atom is 0.263 e. The van der Waals surface area contributed by atoms with Gasteiger partial charge in [-0.1, -0.05) is 24.3 Å². The highest BCUT2D eigenvalue weighted by molar-refractivity contribution is 6.06. The number of nitrogens with zero attached hydrogens (tertiary/aromatic N) is 3. The number of fused-ring (bicyclic) bond motifs is 3. The van der Waals surface area contributed by atoms with Crippen molar-refractivity contribution in [2.75, 3.05) is 6.54 Å². The van der Waals surface area contributed by atoms with Crippen LogP contribution in [0, 0.1) is 0 Å². The van der Waals surface area contributed by atoms with Gasteiger partial charge in [0, 0.05) is 36.3 Å². The van der Waals surface area contributed by atoms with Gasteiger partial charge in [0.1, 0.15) is 5.65 Å². The third-order valence-electron chi connectivity index (χ3n) is 4.99. The minimum Gasteiger partial charge on any atom is -0.360 e. The van der Waals surface area contributed by atoms with E-state index in [1.807, 2.05) is 36.4 Å². The number of carbonyl (C=O) groups excluding carboxylic acids is 1. The van der Waals surface area contributed by atoms with Crippen LogP contribution in [-0.4, -0.2) is 31.7 Å². The minimum atomic E-state index is -0.0953. The molecule has 1 aliphatic heterocycles. The van der Waals surface area contributed by atoms with Crippen LogP contribution in [0.1, 0.15) is 21.6 Å². The molecule has 4 aromatic rings. The Hall–Kier alpha value is -3.41. The molecule has 1 N–H and O–H groups in total. The summed E-state index contributed by atoms with van der Waals surface area (Å²) in [7, 11) is 0. The van der Waals surface area contributed by atoms with E-state index in [9.17, 15) is 9.59 Å². The lowest BCUT2D eigenvalue weighted by molar-refractivity contribution is 0.0734. The molecule has 0 unspecified atom stereocenters. The van der Waals surface area contributed by atoms with E-state index in [4.69, 9.17) is 0 Å². The molecule has 6 nitrogen and oxygen atoms in total. The predicted octanol–water partition coefficient (Wildman–Crippen LogP) is 2.37. The molecule has 0 saturated heterocycles. The summed E-state index contributed by atoms with van der Waals surface area (Å²) in [4.78, 5) is 35.3. The largest absolute Gasteiger partial charge is 0.360 e.